The molecule has 1 aliphatic rings. The van der Waals surface area contributed by atoms with Crippen LogP contribution < -0.4 is 5.32 Å². The minimum atomic E-state index is -0.485. The Balaban J connectivity index is 1.79. The van der Waals surface area contributed by atoms with Gasteiger partial charge < -0.3 is 10.2 Å². The van der Waals surface area contributed by atoms with E-state index >= 15 is 0 Å². The molecule has 0 aromatic carbocycles. The Morgan fingerprint density at radius 3 is 2.59 bits per heavy atom. The summed E-state index contributed by atoms with van der Waals surface area (Å²) in [6.07, 6.45) is 3.31. The van der Waals surface area contributed by atoms with Gasteiger partial charge in [-0.1, -0.05) is 0 Å². The Kier molecular flexibility index (Phi) is 4.99. The van der Waals surface area contributed by atoms with Crippen molar-refractivity contribution in [3.63, 3.8) is 0 Å². The van der Waals surface area contributed by atoms with Crippen LogP contribution in [0.25, 0.3) is 0 Å². The Morgan fingerprint density at radius 1 is 1.41 bits per heavy atom. The molecule has 1 aliphatic heterocycles. The van der Waals surface area contributed by atoms with E-state index in [4.69, 9.17) is 10.1 Å². The van der Waals surface area contributed by atoms with Crippen LogP contribution in [-0.2, 0) is 9.63 Å². The van der Waals surface area contributed by atoms with E-state index in [9.17, 15) is 4.79 Å². The first-order valence-electron chi connectivity index (χ1n) is 7.48. The Labute approximate surface area is 131 Å². The molecule has 0 radical (unpaired) electrons. The van der Waals surface area contributed by atoms with Gasteiger partial charge in [-0.15, -0.1) is 5.06 Å². The van der Waals surface area contributed by atoms with Crippen molar-refractivity contribution in [3.05, 3.63) is 23.9 Å². The summed E-state index contributed by atoms with van der Waals surface area (Å²) in [6, 6.07) is 5.90. The number of hydroxylamine groups is 2. The van der Waals surface area contributed by atoms with Gasteiger partial charge in [0.1, 0.15) is 11.9 Å². The van der Waals surface area contributed by atoms with Crippen molar-refractivity contribution in [3.8, 4) is 6.07 Å². The fraction of sp³-hybridized carbons (Fsp3) is 0.562. The quantitative estimate of drug-likeness (QED) is 0.923. The Hall–Kier alpha value is -2.13. The summed E-state index contributed by atoms with van der Waals surface area (Å²) in [6.45, 7) is 6.95. The highest BCUT2D eigenvalue weighted by molar-refractivity contribution is 5.75. The average Bonchev–Trinajstić information content (AvgIpc) is 2.49. The van der Waals surface area contributed by atoms with Crippen LogP contribution in [0.2, 0.25) is 0 Å². The zero-order chi connectivity index (χ0) is 16.2. The van der Waals surface area contributed by atoms with E-state index in [-0.39, 0.29) is 5.97 Å². The monoisotopic (exact) mass is 302 g/mol. The summed E-state index contributed by atoms with van der Waals surface area (Å²) in [4.78, 5) is 21.5. The molecule has 2 rings (SSSR count). The summed E-state index contributed by atoms with van der Waals surface area (Å²) in [5.74, 6) is 0.566. The smallest absolute Gasteiger partial charge is 0.330 e. The first kappa shape index (κ1) is 16.2. The number of anilines is 1. The van der Waals surface area contributed by atoms with Crippen LogP contribution in [0, 0.1) is 16.7 Å². The highest BCUT2D eigenvalue weighted by Gasteiger charge is 2.28. The Bertz CT molecular complexity index is 549. The lowest BCUT2D eigenvalue weighted by molar-refractivity contribution is -0.204. The number of nitrogens with one attached hydrogen (secondary N) is 1. The van der Waals surface area contributed by atoms with Gasteiger partial charge >= 0.3 is 5.97 Å². The number of aromatic nitrogens is 1. The zero-order valence-corrected chi connectivity index (χ0v) is 13.3. The zero-order valence-electron chi connectivity index (χ0n) is 13.3. The number of carbonyl (C=O) groups excluding carboxylic acids is 1. The van der Waals surface area contributed by atoms with Crippen molar-refractivity contribution >= 4 is 11.8 Å². The molecule has 0 unspecified atom stereocenters. The predicted molar refractivity (Wildman–Crippen MR) is 82.7 cm³/mol. The number of carbonyl (C=O) groups is 1. The maximum atomic E-state index is 11.8. The van der Waals surface area contributed by atoms with Crippen molar-refractivity contribution in [2.45, 2.75) is 39.7 Å². The molecular weight excluding hydrogens is 280 g/mol. The number of rotatable bonds is 3. The molecule has 1 saturated heterocycles. The SMILES string of the molecule is CC(C)(C)C(=O)ON1CCC(Nc2ccc(C#N)cn2)CC1. The molecule has 6 nitrogen and oxygen atoms in total. The number of pyridine rings is 1. The molecule has 6 heteroatoms. The number of hydrogen-bond acceptors (Lipinski definition) is 6. The topological polar surface area (TPSA) is 78.2 Å². The van der Waals surface area contributed by atoms with Gasteiger partial charge in [-0.3, -0.25) is 0 Å². The molecule has 1 fully saturated rings. The second-order valence-corrected chi connectivity index (χ2v) is 6.52. The summed E-state index contributed by atoms with van der Waals surface area (Å²) in [5.41, 5.74) is 0.0658. The number of nitriles is 1. The van der Waals surface area contributed by atoms with Crippen molar-refractivity contribution in [2.75, 3.05) is 18.4 Å². The molecule has 0 atom stereocenters. The van der Waals surface area contributed by atoms with Gasteiger partial charge in [-0.05, 0) is 45.7 Å². The Morgan fingerprint density at radius 2 is 2.09 bits per heavy atom. The third kappa shape index (κ3) is 4.43. The second-order valence-electron chi connectivity index (χ2n) is 6.52. The minimum Gasteiger partial charge on any atom is -0.367 e. The molecular formula is C16H22N4O2. The van der Waals surface area contributed by atoms with E-state index in [0.29, 0.717) is 24.7 Å². The normalized spacial score (nSPS) is 16.8. The van der Waals surface area contributed by atoms with Gasteiger partial charge in [0.15, 0.2) is 0 Å². The van der Waals surface area contributed by atoms with Crippen molar-refractivity contribution in [2.24, 2.45) is 5.41 Å². The molecule has 0 bridgehead atoms. The third-order valence-electron chi connectivity index (χ3n) is 3.52. The fourth-order valence-electron chi connectivity index (χ4n) is 2.10. The van der Waals surface area contributed by atoms with Gasteiger partial charge in [0.2, 0.25) is 0 Å². The molecule has 1 aromatic rings. The molecule has 2 heterocycles. The maximum absolute atomic E-state index is 11.8. The van der Waals surface area contributed by atoms with Crippen molar-refractivity contribution in [1.82, 2.24) is 10.0 Å². The van der Waals surface area contributed by atoms with E-state index in [1.807, 2.05) is 32.9 Å². The number of hydrogen-bond donors (Lipinski definition) is 1. The van der Waals surface area contributed by atoms with Crippen molar-refractivity contribution < 1.29 is 9.63 Å². The van der Waals surface area contributed by atoms with Crippen molar-refractivity contribution in [1.29, 1.82) is 5.26 Å². The second kappa shape index (κ2) is 6.75. The summed E-state index contributed by atoms with van der Waals surface area (Å²) >= 11 is 0. The van der Waals surface area contributed by atoms with Crippen LogP contribution in [0.3, 0.4) is 0 Å². The molecule has 0 aliphatic carbocycles. The lowest BCUT2D eigenvalue weighted by atomic mass is 9.98. The van der Waals surface area contributed by atoms with Gasteiger partial charge in [0, 0.05) is 25.3 Å². The van der Waals surface area contributed by atoms with E-state index in [2.05, 4.69) is 10.3 Å². The van der Waals surface area contributed by atoms with Crippen LogP contribution in [0.1, 0.15) is 39.2 Å². The molecule has 0 amide bonds. The van der Waals surface area contributed by atoms with Crippen LogP contribution in [0.15, 0.2) is 18.3 Å². The molecule has 0 saturated carbocycles. The van der Waals surface area contributed by atoms with Gasteiger partial charge in [0.05, 0.1) is 11.0 Å². The summed E-state index contributed by atoms with van der Waals surface area (Å²) in [5, 5.41) is 13.8. The lowest BCUT2D eigenvalue weighted by Crippen LogP contribution is -2.42. The standard InChI is InChI=1S/C16H22N4O2/c1-16(2,3)15(21)22-20-8-6-13(7-9-20)19-14-5-4-12(10-17)11-18-14/h4-5,11,13H,6-9H2,1-3H3,(H,18,19). The summed E-state index contributed by atoms with van der Waals surface area (Å²) in [7, 11) is 0. The van der Waals surface area contributed by atoms with Gasteiger partial charge in [-0.2, -0.15) is 5.26 Å². The van der Waals surface area contributed by atoms with Gasteiger partial charge in [0.25, 0.3) is 0 Å². The van der Waals surface area contributed by atoms with E-state index in [1.165, 1.54) is 0 Å². The van der Waals surface area contributed by atoms with E-state index < -0.39 is 5.41 Å². The summed E-state index contributed by atoms with van der Waals surface area (Å²) < 4.78 is 0. The minimum absolute atomic E-state index is 0.201. The molecule has 1 aromatic heterocycles. The maximum Gasteiger partial charge on any atom is 0.330 e. The first-order chi connectivity index (χ1) is 10.4. The molecule has 118 valence electrons. The lowest BCUT2D eigenvalue weighted by Gasteiger charge is -2.32. The van der Waals surface area contributed by atoms with Crippen LogP contribution >= 0.6 is 0 Å². The highest BCUT2D eigenvalue weighted by Crippen LogP contribution is 2.20. The van der Waals surface area contributed by atoms with Crippen LogP contribution in [0.5, 0.6) is 0 Å². The molecule has 0 spiro atoms. The van der Waals surface area contributed by atoms with E-state index in [0.717, 1.165) is 18.7 Å². The highest BCUT2D eigenvalue weighted by atomic mass is 16.7. The number of piperidine rings is 1. The van der Waals surface area contributed by atoms with Crippen LogP contribution in [-0.4, -0.2) is 35.1 Å². The molecule has 22 heavy (non-hydrogen) atoms. The first-order valence-corrected chi connectivity index (χ1v) is 7.48. The third-order valence-corrected chi connectivity index (χ3v) is 3.52. The number of nitrogens with zero attached hydrogens (tertiary/aromatic N) is 3. The van der Waals surface area contributed by atoms with Gasteiger partial charge in [-0.25, -0.2) is 9.78 Å². The fourth-order valence-corrected chi connectivity index (χ4v) is 2.10. The average molecular weight is 302 g/mol. The van der Waals surface area contributed by atoms with E-state index in [1.54, 1.807) is 17.3 Å². The largest absolute Gasteiger partial charge is 0.367 e. The molecule has 1 N–H and O–H groups in total. The van der Waals surface area contributed by atoms with Crippen LogP contribution in [0.4, 0.5) is 5.82 Å². The predicted octanol–water partition coefficient (Wildman–Crippen LogP) is 2.33.